The van der Waals surface area contributed by atoms with Crippen molar-refractivity contribution in [2.45, 2.75) is 6.54 Å². The summed E-state index contributed by atoms with van der Waals surface area (Å²) in [4.78, 5) is 11.1. The molecule has 2 aromatic rings. The largest absolute Gasteiger partial charge is 0.478 e. The summed E-state index contributed by atoms with van der Waals surface area (Å²) in [5.41, 5.74) is 1.66. The third-order valence-electron chi connectivity index (χ3n) is 3.13. The molecule has 0 saturated heterocycles. The lowest BCUT2D eigenvalue weighted by Crippen LogP contribution is -2.06. The molecular formula is C15H12ClNO4. The van der Waals surface area contributed by atoms with Crippen molar-refractivity contribution in [3.63, 3.8) is 0 Å². The van der Waals surface area contributed by atoms with Crippen LogP contribution in [-0.2, 0) is 6.54 Å². The highest BCUT2D eigenvalue weighted by atomic mass is 35.5. The maximum absolute atomic E-state index is 11.1. The Kier molecular flexibility index (Phi) is 3.58. The maximum atomic E-state index is 11.1. The molecule has 108 valence electrons. The fraction of sp³-hybridized carbons (Fsp3) is 0.133. The van der Waals surface area contributed by atoms with E-state index in [9.17, 15) is 4.79 Å². The van der Waals surface area contributed by atoms with Gasteiger partial charge in [-0.25, -0.2) is 4.79 Å². The number of ether oxygens (including phenoxy) is 2. The van der Waals surface area contributed by atoms with E-state index < -0.39 is 5.97 Å². The van der Waals surface area contributed by atoms with E-state index in [1.807, 2.05) is 6.07 Å². The summed E-state index contributed by atoms with van der Waals surface area (Å²) in [5.74, 6) is 0.180. The van der Waals surface area contributed by atoms with Crippen molar-refractivity contribution < 1.29 is 19.4 Å². The first-order valence-corrected chi connectivity index (χ1v) is 6.67. The molecule has 1 aliphatic rings. The van der Waals surface area contributed by atoms with Gasteiger partial charge in [0.05, 0.1) is 10.6 Å². The minimum Gasteiger partial charge on any atom is -0.478 e. The summed E-state index contributed by atoms with van der Waals surface area (Å²) in [6, 6.07) is 10.3. The van der Waals surface area contributed by atoms with Gasteiger partial charge in [-0.1, -0.05) is 23.7 Å². The number of halogens is 1. The van der Waals surface area contributed by atoms with Crippen LogP contribution in [0.5, 0.6) is 11.5 Å². The molecule has 2 N–H and O–H groups in total. The summed E-state index contributed by atoms with van der Waals surface area (Å²) in [6.45, 7) is 0.592. The van der Waals surface area contributed by atoms with E-state index in [1.54, 1.807) is 30.3 Å². The summed E-state index contributed by atoms with van der Waals surface area (Å²) in [6.07, 6.45) is 0. The van der Waals surface area contributed by atoms with Gasteiger partial charge >= 0.3 is 5.97 Å². The molecule has 0 amide bonds. The van der Waals surface area contributed by atoms with Gasteiger partial charge in [0.2, 0.25) is 6.79 Å². The lowest BCUT2D eigenvalue weighted by atomic mass is 10.1. The fourth-order valence-corrected chi connectivity index (χ4v) is 2.43. The highest BCUT2D eigenvalue weighted by Gasteiger charge is 2.18. The van der Waals surface area contributed by atoms with Crippen molar-refractivity contribution in [2.75, 3.05) is 12.1 Å². The predicted molar refractivity (Wildman–Crippen MR) is 78.3 cm³/mol. The van der Waals surface area contributed by atoms with Gasteiger partial charge in [0.15, 0.2) is 11.5 Å². The third kappa shape index (κ3) is 2.73. The molecule has 0 saturated carbocycles. The van der Waals surface area contributed by atoms with Crippen LogP contribution in [0.15, 0.2) is 36.4 Å². The fourth-order valence-electron chi connectivity index (χ4n) is 2.14. The van der Waals surface area contributed by atoms with E-state index in [0.29, 0.717) is 28.8 Å². The van der Waals surface area contributed by atoms with Gasteiger partial charge in [0.25, 0.3) is 0 Å². The molecule has 2 aromatic carbocycles. The second kappa shape index (κ2) is 5.54. The number of carboxylic acids is 1. The van der Waals surface area contributed by atoms with Crippen LogP contribution in [-0.4, -0.2) is 17.9 Å². The molecule has 0 atom stereocenters. The first-order chi connectivity index (χ1) is 10.1. The number of carbonyl (C=O) groups is 1. The van der Waals surface area contributed by atoms with Gasteiger partial charge in [-0.15, -0.1) is 0 Å². The predicted octanol–water partition coefficient (Wildman–Crippen LogP) is 3.38. The average Bonchev–Trinajstić information content (AvgIpc) is 2.94. The van der Waals surface area contributed by atoms with Crippen molar-refractivity contribution >= 4 is 23.3 Å². The van der Waals surface area contributed by atoms with Crippen LogP contribution in [0.1, 0.15) is 15.9 Å². The van der Waals surface area contributed by atoms with Crippen LogP contribution in [0.4, 0.5) is 5.69 Å². The topological polar surface area (TPSA) is 67.8 Å². The van der Waals surface area contributed by atoms with E-state index in [2.05, 4.69) is 5.32 Å². The molecule has 0 radical (unpaired) electrons. The van der Waals surface area contributed by atoms with E-state index >= 15 is 0 Å². The Balaban J connectivity index is 1.80. The average molecular weight is 306 g/mol. The molecule has 6 heteroatoms. The zero-order valence-corrected chi connectivity index (χ0v) is 11.7. The highest BCUT2D eigenvalue weighted by molar-refractivity contribution is 6.32. The molecule has 1 heterocycles. The third-order valence-corrected chi connectivity index (χ3v) is 3.41. The van der Waals surface area contributed by atoms with Crippen molar-refractivity contribution in [1.29, 1.82) is 0 Å². The normalized spacial score (nSPS) is 12.2. The minimum atomic E-state index is -0.971. The summed E-state index contributed by atoms with van der Waals surface area (Å²) in [7, 11) is 0. The Morgan fingerprint density at radius 2 is 2.10 bits per heavy atom. The zero-order chi connectivity index (χ0) is 14.8. The minimum absolute atomic E-state index is 0.160. The quantitative estimate of drug-likeness (QED) is 0.906. The van der Waals surface area contributed by atoms with Crippen LogP contribution in [0.3, 0.4) is 0 Å². The zero-order valence-electron chi connectivity index (χ0n) is 10.9. The smallest absolute Gasteiger partial charge is 0.337 e. The number of aromatic carboxylic acids is 1. The maximum Gasteiger partial charge on any atom is 0.337 e. The van der Waals surface area contributed by atoms with Crippen molar-refractivity contribution in [3.8, 4) is 11.5 Å². The summed E-state index contributed by atoms with van der Waals surface area (Å²) < 4.78 is 10.6. The standard InChI is InChI=1S/C15H12ClNO4/c16-11-5-9(6-13-14(11)21-8-20-13)7-17-12-4-2-1-3-10(12)15(18)19/h1-6,17H,7-8H2,(H,18,19). The van der Waals surface area contributed by atoms with Crippen molar-refractivity contribution in [1.82, 2.24) is 0 Å². The van der Waals surface area contributed by atoms with Gasteiger partial charge in [0, 0.05) is 12.2 Å². The number of hydrogen-bond acceptors (Lipinski definition) is 4. The van der Waals surface area contributed by atoms with E-state index in [4.69, 9.17) is 26.2 Å². The number of nitrogens with one attached hydrogen (secondary N) is 1. The summed E-state index contributed by atoms with van der Waals surface area (Å²) >= 11 is 6.11. The second-order valence-corrected chi connectivity index (χ2v) is 4.92. The molecule has 0 aliphatic carbocycles. The molecule has 0 spiro atoms. The Hall–Kier alpha value is -2.40. The lowest BCUT2D eigenvalue weighted by molar-refractivity contribution is 0.0698. The van der Waals surface area contributed by atoms with Gasteiger partial charge in [-0.05, 0) is 29.8 Å². The molecule has 5 nitrogen and oxygen atoms in total. The van der Waals surface area contributed by atoms with E-state index in [1.165, 1.54) is 0 Å². The number of rotatable bonds is 4. The highest BCUT2D eigenvalue weighted by Crippen LogP contribution is 2.39. The monoisotopic (exact) mass is 305 g/mol. The molecule has 3 rings (SSSR count). The number of carboxylic acid groups (broad SMARTS) is 1. The van der Waals surface area contributed by atoms with Gasteiger partial charge in [0.1, 0.15) is 0 Å². The number of para-hydroxylation sites is 1. The molecule has 0 bridgehead atoms. The van der Waals surface area contributed by atoms with Gasteiger partial charge in [-0.2, -0.15) is 0 Å². The molecule has 0 fully saturated rings. The van der Waals surface area contributed by atoms with Crippen LogP contribution >= 0.6 is 11.6 Å². The first kappa shape index (κ1) is 13.6. The van der Waals surface area contributed by atoms with Crippen LogP contribution in [0.2, 0.25) is 5.02 Å². The van der Waals surface area contributed by atoms with Crippen LogP contribution in [0, 0.1) is 0 Å². The van der Waals surface area contributed by atoms with Crippen LogP contribution < -0.4 is 14.8 Å². The SMILES string of the molecule is O=C(O)c1ccccc1NCc1cc(Cl)c2c(c1)OCO2. The molecule has 1 aliphatic heterocycles. The Morgan fingerprint density at radius 3 is 2.90 bits per heavy atom. The second-order valence-electron chi connectivity index (χ2n) is 4.52. The van der Waals surface area contributed by atoms with Crippen molar-refractivity contribution in [3.05, 3.63) is 52.5 Å². The number of benzene rings is 2. The van der Waals surface area contributed by atoms with Crippen molar-refractivity contribution in [2.24, 2.45) is 0 Å². The van der Waals surface area contributed by atoms with E-state index in [0.717, 1.165) is 5.56 Å². The van der Waals surface area contributed by atoms with Crippen LogP contribution in [0.25, 0.3) is 0 Å². The number of fused-ring (bicyclic) bond motifs is 1. The summed E-state index contributed by atoms with van der Waals surface area (Å²) in [5, 5.41) is 12.7. The van der Waals surface area contributed by atoms with Gasteiger partial charge in [-0.3, -0.25) is 0 Å². The molecule has 0 unspecified atom stereocenters. The number of anilines is 1. The first-order valence-electron chi connectivity index (χ1n) is 6.29. The molecule has 0 aromatic heterocycles. The molecule has 21 heavy (non-hydrogen) atoms. The van der Waals surface area contributed by atoms with Gasteiger partial charge < -0.3 is 19.9 Å². The number of hydrogen-bond donors (Lipinski definition) is 2. The van der Waals surface area contributed by atoms with E-state index in [-0.39, 0.29) is 12.4 Å². The Morgan fingerprint density at radius 1 is 1.29 bits per heavy atom. The molecular weight excluding hydrogens is 294 g/mol. The Labute approximate surface area is 126 Å². The lowest BCUT2D eigenvalue weighted by Gasteiger charge is -2.10. The Bertz CT molecular complexity index is 702.